The van der Waals surface area contributed by atoms with E-state index < -0.39 is 0 Å². The van der Waals surface area contributed by atoms with E-state index >= 15 is 0 Å². The van der Waals surface area contributed by atoms with Crippen LogP contribution in [0.4, 0.5) is 5.69 Å². The minimum atomic E-state index is -0.342. The van der Waals surface area contributed by atoms with Crippen molar-refractivity contribution in [1.29, 1.82) is 0 Å². The lowest BCUT2D eigenvalue weighted by Crippen LogP contribution is -2.37. The third-order valence-corrected chi connectivity index (χ3v) is 5.29. The fraction of sp³-hybridized carbons (Fsp3) is 0.182. The van der Waals surface area contributed by atoms with Gasteiger partial charge in [-0.1, -0.05) is 47.5 Å². The van der Waals surface area contributed by atoms with E-state index in [1.807, 2.05) is 38.1 Å². The number of nitrogens with zero attached hydrogens (tertiary/aromatic N) is 2. The molecule has 6 heteroatoms. The molecule has 144 valence electrons. The molecule has 0 saturated carbocycles. The average molecular weight is 415 g/mol. The topological polar surface area (TPSA) is 42.3 Å². The van der Waals surface area contributed by atoms with Crippen molar-refractivity contribution >= 4 is 34.8 Å². The van der Waals surface area contributed by atoms with Crippen molar-refractivity contribution < 1.29 is 4.79 Å². The Labute approximate surface area is 173 Å². The number of amides is 1. The zero-order chi connectivity index (χ0) is 20.3. The lowest BCUT2D eigenvalue weighted by atomic mass is 10.1. The highest BCUT2D eigenvalue weighted by molar-refractivity contribution is 6.42. The van der Waals surface area contributed by atoms with Gasteiger partial charge in [-0.3, -0.25) is 9.59 Å². The number of pyridine rings is 1. The number of aromatic nitrogens is 1. The normalized spacial score (nSPS) is 10.7. The smallest absolute Gasteiger partial charge is 0.263 e. The lowest BCUT2D eigenvalue weighted by molar-refractivity contribution is 0.0986. The first kappa shape index (κ1) is 20.2. The largest absolute Gasteiger partial charge is 0.310 e. The minimum Gasteiger partial charge on any atom is -0.310 e. The molecule has 0 aliphatic carbocycles. The molecule has 0 fully saturated rings. The Morgan fingerprint density at radius 1 is 1.04 bits per heavy atom. The maximum atomic E-state index is 13.1. The highest BCUT2D eigenvalue weighted by Gasteiger charge is 2.21. The Hall–Kier alpha value is -2.56. The van der Waals surface area contributed by atoms with Crippen LogP contribution in [0.15, 0.2) is 65.6 Å². The fourth-order valence-electron chi connectivity index (χ4n) is 3.09. The van der Waals surface area contributed by atoms with Crippen LogP contribution in [0.2, 0.25) is 10.0 Å². The van der Waals surface area contributed by atoms with Gasteiger partial charge in [0.05, 0.1) is 16.6 Å². The number of carbonyl (C=O) groups is 1. The van der Waals surface area contributed by atoms with Crippen LogP contribution in [0.5, 0.6) is 0 Å². The molecular weight excluding hydrogens is 395 g/mol. The zero-order valence-electron chi connectivity index (χ0n) is 15.7. The summed E-state index contributed by atoms with van der Waals surface area (Å²) in [5.41, 5.74) is 2.39. The van der Waals surface area contributed by atoms with Gasteiger partial charge in [-0.2, -0.15) is 0 Å². The van der Waals surface area contributed by atoms with Gasteiger partial charge in [-0.15, -0.1) is 0 Å². The van der Waals surface area contributed by atoms with Crippen molar-refractivity contribution in [2.45, 2.75) is 20.4 Å². The molecule has 0 spiro atoms. The Kier molecular flexibility index (Phi) is 6.22. The van der Waals surface area contributed by atoms with Crippen molar-refractivity contribution in [2.75, 3.05) is 11.4 Å². The first-order chi connectivity index (χ1) is 13.4. The van der Waals surface area contributed by atoms with Gasteiger partial charge in [0.1, 0.15) is 5.56 Å². The summed E-state index contributed by atoms with van der Waals surface area (Å²) in [6.45, 7) is 4.60. The van der Waals surface area contributed by atoms with Crippen molar-refractivity contribution in [2.24, 2.45) is 0 Å². The van der Waals surface area contributed by atoms with Gasteiger partial charge < -0.3 is 9.47 Å². The highest BCUT2D eigenvalue weighted by atomic mass is 35.5. The van der Waals surface area contributed by atoms with E-state index in [4.69, 9.17) is 23.2 Å². The quantitative estimate of drug-likeness (QED) is 0.577. The summed E-state index contributed by atoms with van der Waals surface area (Å²) in [5.74, 6) is -0.315. The van der Waals surface area contributed by atoms with E-state index in [0.717, 1.165) is 16.8 Å². The third kappa shape index (κ3) is 4.13. The molecule has 0 aliphatic heterocycles. The summed E-state index contributed by atoms with van der Waals surface area (Å²) in [7, 11) is 0. The number of carbonyl (C=O) groups excluding carboxylic acids is 1. The van der Waals surface area contributed by atoms with Crippen LogP contribution < -0.4 is 10.5 Å². The molecule has 1 aromatic heterocycles. The molecule has 0 aliphatic rings. The third-order valence-electron chi connectivity index (χ3n) is 4.56. The molecule has 3 rings (SSSR count). The van der Waals surface area contributed by atoms with Crippen molar-refractivity contribution in [3.05, 3.63) is 97.9 Å². The number of halogens is 2. The van der Waals surface area contributed by atoms with Gasteiger partial charge in [0.2, 0.25) is 0 Å². The van der Waals surface area contributed by atoms with Gasteiger partial charge in [0.25, 0.3) is 11.5 Å². The molecule has 28 heavy (non-hydrogen) atoms. The van der Waals surface area contributed by atoms with E-state index in [9.17, 15) is 9.59 Å². The van der Waals surface area contributed by atoms with E-state index in [2.05, 4.69) is 0 Å². The lowest BCUT2D eigenvalue weighted by Gasteiger charge is -2.23. The molecule has 0 bridgehead atoms. The zero-order valence-corrected chi connectivity index (χ0v) is 17.2. The number of para-hydroxylation sites is 1. The van der Waals surface area contributed by atoms with Crippen LogP contribution in [0.1, 0.15) is 28.4 Å². The van der Waals surface area contributed by atoms with E-state index in [1.165, 1.54) is 4.57 Å². The van der Waals surface area contributed by atoms with Gasteiger partial charge >= 0.3 is 0 Å². The second kappa shape index (κ2) is 8.63. The SMILES string of the molecule is CCN(C(=O)c1cccn(Cc2ccc(Cl)c(Cl)c2)c1=O)c1ccccc1C. The molecule has 0 radical (unpaired) electrons. The summed E-state index contributed by atoms with van der Waals surface area (Å²) in [5, 5.41) is 0.884. The number of aryl methyl sites for hydroxylation is 1. The summed E-state index contributed by atoms with van der Waals surface area (Å²) >= 11 is 12.0. The van der Waals surface area contributed by atoms with Crippen LogP contribution in [0, 0.1) is 6.92 Å². The number of anilines is 1. The molecule has 3 aromatic rings. The Morgan fingerprint density at radius 3 is 2.46 bits per heavy atom. The van der Waals surface area contributed by atoms with Gasteiger partial charge in [0.15, 0.2) is 0 Å². The molecule has 1 amide bonds. The van der Waals surface area contributed by atoms with E-state index in [0.29, 0.717) is 23.1 Å². The minimum absolute atomic E-state index is 0.132. The molecule has 0 saturated heterocycles. The van der Waals surface area contributed by atoms with Crippen LogP contribution >= 0.6 is 23.2 Å². The second-order valence-corrected chi connectivity index (χ2v) is 7.25. The summed E-state index contributed by atoms with van der Waals surface area (Å²) in [4.78, 5) is 27.7. The van der Waals surface area contributed by atoms with E-state index in [1.54, 1.807) is 41.4 Å². The van der Waals surface area contributed by atoms with Crippen molar-refractivity contribution in [3.8, 4) is 0 Å². The first-order valence-electron chi connectivity index (χ1n) is 8.93. The van der Waals surface area contributed by atoms with Crippen LogP contribution in [-0.2, 0) is 6.54 Å². The Morgan fingerprint density at radius 2 is 1.79 bits per heavy atom. The van der Waals surface area contributed by atoms with E-state index in [-0.39, 0.29) is 17.0 Å². The van der Waals surface area contributed by atoms with Crippen molar-refractivity contribution in [3.63, 3.8) is 0 Å². The summed E-state index contributed by atoms with van der Waals surface area (Å²) in [6.07, 6.45) is 1.66. The molecule has 0 N–H and O–H groups in total. The van der Waals surface area contributed by atoms with Gasteiger partial charge in [0, 0.05) is 18.4 Å². The van der Waals surface area contributed by atoms with Crippen molar-refractivity contribution in [1.82, 2.24) is 4.57 Å². The summed E-state index contributed by atoms with van der Waals surface area (Å²) in [6, 6.07) is 16.1. The maximum Gasteiger partial charge on any atom is 0.263 e. The molecule has 2 aromatic carbocycles. The Balaban J connectivity index is 1.95. The molecule has 0 atom stereocenters. The van der Waals surface area contributed by atoms with Gasteiger partial charge in [-0.25, -0.2) is 0 Å². The maximum absolute atomic E-state index is 13.1. The monoisotopic (exact) mass is 414 g/mol. The molecule has 4 nitrogen and oxygen atoms in total. The predicted molar refractivity (Wildman–Crippen MR) is 115 cm³/mol. The second-order valence-electron chi connectivity index (χ2n) is 6.44. The van der Waals surface area contributed by atoms with Crippen LogP contribution in [0.3, 0.4) is 0 Å². The fourth-order valence-corrected chi connectivity index (χ4v) is 3.41. The van der Waals surface area contributed by atoms with Crippen LogP contribution in [-0.4, -0.2) is 17.0 Å². The summed E-state index contributed by atoms with van der Waals surface area (Å²) < 4.78 is 1.50. The number of hydrogen-bond acceptors (Lipinski definition) is 2. The van der Waals surface area contributed by atoms with Gasteiger partial charge in [-0.05, 0) is 55.3 Å². The molecule has 0 unspecified atom stereocenters. The number of hydrogen-bond donors (Lipinski definition) is 0. The first-order valence-corrected chi connectivity index (χ1v) is 9.69. The molecular formula is C22H20Cl2N2O2. The van der Waals surface area contributed by atoms with Crippen LogP contribution in [0.25, 0.3) is 0 Å². The number of rotatable bonds is 5. The predicted octanol–water partition coefficient (Wildman–Crippen LogP) is 5.18. The Bertz CT molecular complexity index is 1080. The molecule has 1 heterocycles. The standard InChI is InChI=1S/C22H20Cl2N2O2/c1-3-26(20-9-5-4-7-15(20)2)22(28)17-8-6-12-25(21(17)27)14-16-10-11-18(23)19(24)13-16/h4-13H,3,14H2,1-2H3. The highest BCUT2D eigenvalue weighted by Crippen LogP contribution is 2.23. The number of benzene rings is 2. The average Bonchev–Trinajstić information content (AvgIpc) is 2.68.